The molecule has 0 saturated carbocycles. The Morgan fingerprint density at radius 1 is 1.42 bits per heavy atom. The maximum absolute atomic E-state index is 11.5. The maximum Gasteiger partial charge on any atom is 0.348 e. The molecule has 1 saturated heterocycles. The summed E-state index contributed by atoms with van der Waals surface area (Å²) in [6, 6.07) is 6.36. The van der Waals surface area contributed by atoms with Crippen LogP contribution in [-0.4, -0.2) is 46.8 Å². The van der Waals surface area contributed by atoms with Gasteiger partial charge in [-0.15, -0.1) is 22.7 Å². The lowest BCUT2D eigenvalue weighted by Gasteiger charge is -2.34. The molecule has 1 aliphatic heterocycles. The summed E-state index contributed by atoms with van der Waals surface area (Å²) in [6.07, 6.45) is 3.26. The van der Waals surface area contributed by atoms with Gasteiger partial charge in [-0.2, -0.15) is 0 Å². The highest BCUT2D eigenvalue weighted by Crippen LogP contribution is 2.37. The lowest BCUT2D eigenvalue weighted by atomic mass is 10.0. The number of hydrogen-bond acceptors (Lipinski definition) is 8. The van der Waals surface area contributed by atoms with Crippen molar-refractivity contribution in [1.82, 2.24) is 10.3 Å². The first-order valence-electron chi connectivity index (χ1n) is 10.6. The molecule has 0 aliphatic carbocycles. The second-order valence-corrected chi connectivity index (χ2v) is 9.90. The van der Waals surface area contributed by atoms with E-state index in [1.165, 1.54) is 0 Å². The van der Waals surface area contributed by atoms with Crippen molar-refractivity contribution < 1.29 is 15.0 Å². The summed E-state index contributed by atoms with van der Waals surface area (Å²) in [7, 11) is 0. The van der Waals surface area contributed by atoms with Gasteiger partial charge in [0.1, 0.15) is 21.6 Å². The number of carboxylic acids is 1. The molecule has 0 spiro atoms. The fraction of sp³-hybridized carbons (Fsp3) is 0.455. The highest BCUT2D eigenvalue weighted by Gasteiger charge is 2.24. The largest absolute Gasteiger partial charge is 0.477 e. The van der Waals surface area contributed by atoms with Crippen LogP contribution in [0.15, 0.2) is 23.6 Å². The molecule has 9 heteroatoms. The zero-order valence-electron chi connectivity index (χ0n) is 17.5. The number of hydrogen-bond donors (Lipinski definition) is 4. The number of nitrogen functional groups attached to an aromatic ring is 1. The number of nitrogens with zero attached hydrogens (tertiary/aromatic N) is 2. The van der Waals surface area contributed by atoms with Gasteiger partial charge in [0.15, 0.2) is 0 Å². The molecule has 166 valence electrons. The van der Waals surface area contributed by atoms with Crippen molar-refractivity contribution in [3.8, 4) is 0 Å². The fourth-order valence-electron chi connectivity index (χ4n) is 4.14. The SMILES string of the molecule is CCCc1cc(N2CCC(NCC(O)c3cccs3)CC2)nc2sc(C(=O)O)c(N)c12. The van der Waals surface area contributed by atoms with Crippen LogP contribution in [0.1, 0.15) is 52.4 Å². The number of rotatable bonds is 8. The summed E-state index contributed by atoms with van der Waals surface area (Å²) in [5.41, 5.74) is 7.57. The number of aryl methyl sites for hydroxylation is 1. The summed E-state index contributed by atoms with van der Waals surface area (Å²) in [6.45, 7) is 4.39. The van der Waals surface area contributed by atoms with Gasteiger partial charge in [0.2, 0.25) is 0 Å². The topological polar surface area (TPSA) is 112 Å². The van der Waals surface area contributed by atoms with Crippen molar-refractivity contribution in [2.24, 2.45) is 0 Å². The van der Waals surface area contributed by atoms with Gasteiger partial charge >= 0.3 is 5.97 Å². The van der Waals surface area contributed by atoms with E-state index in [0.717, 1.165) is 71.8 Å². The van der Waals surface area contributed by atoms with Gasteiger partial charge in [-0.05, 0) is 42.3 Å². The molecule has 4 rings (SSSR count). The number of aliphatic hydroxyl groups is 1. The number of piperidine rings is 1. The Labute approximate surface area is 189 Å². The Kier molecular flexibility index (Phi) is 6.76. The number of pyridine rings is 1. The van der Waals surface area contributed by atoms with Gasteiger partial charge < -0.3 is 26.2 Å². The van der Waals surface area contributed by atoms with E-state index in [9.17, 15) is 15.0 Å². The number of thiophene rings is 2. The van der Waals surface area contributed by atoms with Crippen molar-refractivity contribution in [2.75, 3.05) is 30.3 Å². The third kappa shape index (κ3) is 4.69. The van der Waals surface area contributed by atoms with E-state index in [0.29, 0.717) is 23.1 Å². The molecule has 0 radical (unpaired) electrons. The highest BCUT2D eigenvalue weighted by molar-refractivity contribution is 7.21. The Morgan fingerprint density at radius 2 is 2.19 bits per heavy atom. The second-order valence-electron chi connectivity index (χ2n) is 7.92. The average molecular weight is 461 g/mol. The zero-order valence-corrected chi connectivity index (χ0v) is 19.1. The van der Waals surface area contributed by atoms with Crippen molar-refractivity contribution >= 4 is 50.4 Å². The molecular formula is C22H28N4O3S2. The minimum absolute atomic E-state index is 0.171. The smallest absolute Gasteiger partial charge is 0.348 e. The minimum Gasteiger partial charge on any atom is -0.477 e. The number of nitrogens with two attached hydrogens (primary N) is 1. The monoisotopic (exact) mass is 460 g/mol. The number of nitrogens with one attached hydrogen (secondary N) is 1. The lowest BCUT2D eigenvalue weighted by molar-refractivity contribution is 0.0703. The molecule has 1 fully saturated rings. The number of aliphatic hydroxyl groups excluding tert-OH is 1. The number of carbonyl (C=O) groups is 1. The van der Waals surface area contributed by atoms with Crippen molar-refractivity contribution in [1.29, 1.82) is 0 Å². The number of carboxylic acid groups (broad SMARTS) is 1. The summed E-state index contributed by atoms with van der Waals surface area (Å²) in [5, 5.41) is 26.0. The van der Waals surface area contributed by atoms with E-state index >= 15 is 0 Å². The number of aromatic carboxylic acids is 1. The summed E-state index contributed by atoms with van der Waals surface area (Å²) >= 11 is 2.73. The van der Waals surface area contributed by atoms with Gasteiger partial charge in [0.25, 0.3) is 0 Å². The number of anilines is 2. The molecule has 1 aliphatic rings. The van der Waals surface area contributed by atoms with Gasteiger partial charge in [-0.25, -0.2) is 9.78 Å². The van der Waals surface area contributed by atoms with Crippen LogP contribution in [0.4, 0.5) is 11.5 Å². The molecule has 4 heterocycles. The first-order chi connectivity index (χ1) is 15.0. The second kappa shape index (κ2) is 9.52. The Morgan fingerprint density at radius 3 is 2.84 bits per heavy atom. The molecule has 0 bridgehead atoms. The van der Waals surface area contributed by atoms with E-state index in [-0.39, 0.29) is 4.88 Å². The third-order valence-electron chi connectivity index (χ3n) is 5.77. The standard InChI is InChI=1S/C22H28N4O3S2/c1-2-4-13-11-17(25-21-18(13)19(23)20(31-21)22(28)29)26-8-6-14(7-9-26)24-12-15(27)16-5-3-10-30-16/h3,5,10-11,14-15,24,27H,2,4,6-9,12,23H2,1H3,(H,28,29). The normalized spacial score (nSPS) is 16.1. The zero-order chi connectivity index (χ0) is 22.0. The molecule has 3 aromatic heterocycles. The average Bonchev–Trinajstić information content (AvgIpc) is 3.41. The maximum atomic E-state index is 11.5. The molecule has 0 aromatic carbocycles. The van der Waals surface area contributed by atoms with E-state index in [2.05, 4.69) is 23.2 Å². The van der Waals surface area contributed by atoms with Crippen LogP contribution in [0.5, 0.6) is 0 Å². The highest BCUT2D eigenvalue weighted by atomic mass is 32.1. The van der Waals surface area contributed by atoms with E-state index < -0.39 is 12.1 Å². The molecule has 1 atom stereocenters. The predicted molar refractivity (Wildman–Crippen MR) is 128 cm³/mol. The Bertz CT molecular complexity index is 1040. The summed E-state index contributed by atoms with van der Waals surface area (Å²) in [4.78, 5) is 20.4. The molecule has 1 unspecified atom stereocenters. The molecule has 5 N–H and O–H groups in total. The molecule has 0 amide bonds. The van der Waals surface area contributed by atoms with Crippen molar-refractivity contribution in [3.63, 3.8) is 0 Å². The van der Waals surface area contributed by atoms with Crippen LogP contribution in [0.2, 0.25) is 0 Å². The van der Waals surface area contributed by atoms with Gasteiger partial charge in [0.05, 0.1) is 5.69 Å². The van der Waals surface area contributed by atoms with Crippen LogP contribution in [0, 0.1) is 0 Å². The van der Waals surface area contributed by atoms with Crippen molar-refractivity contribution in [3.05, 3.63) is 38.9 Å². The fourth-order valence-corrected chi connectivity index (χ4v) is 5.83. The van der Waals surface area contributed by atoms with E-state index in [1.807, 2.05) is 17.5 Å². The van der Waals surface area contributed by atoms with E-state index in [1.54, 1.807) is 11.3 Å². The molecule has 3 aromatic rings. The summed E-state index contributed by atoms with van der Waals surface area (Å²) < 4.78 is 0. The van der Waals surface area contributed by atoms with Gasteiger partial charge in [0, 0.05) is 35.9 Å². The Balaban J connectivity index is 1.45. The molecular weight excluding hydrogens is 432 g/mol. The van der Waals surface area contributed by atoms with Crippen LogP contribution in [-0.2, 0) is 6.42 Å². The molecule has 7 nitrogen and oxygen atoms in total. The molecule has 31 heavy (non-hydrogen) atoms. The van der Waals surface area contributed by atoms with Crippen LogP contribution in [0.3, 0.4) is 0 Å². The first kappa shape index (κ1) is 22.0. The van der Waals surface area contributed by atoms with Crippen LogP contribution < -0.4 is 16.0 Å². The van der Waals surface area contributed by atoms with E-state index in [4.69, 9.17) is 10.7 Å². The third-order valence-corrected chi connectivity index (χ3v) is 7.83. The number of aromatic nitrogens is 1. The predicted octanol–water partition coefficient (Wildman–Crippen LogP) is 3.88. The van der Waals surface area contributed by atoms with Crippen LogP contribution in [0.25, 0.3) is 10.2 Å². The quantitative estimate of drug-likeness (QED) is 0.404. The lowest BCUT2D eigenvalue weighted by Crippen LogP contribution is -2.43. The Hall–Kier alpha value is -2.20. The van der Waals surface area contributed by atoms with Gasteiger partial charge in [-0.3, -0.25) is 0 Å². The first-order valence-corrected chi connectivity index (χ1v) is 12.3. The summed E-state index contributed by atoms with van der Waals surface area (Å²) in [5.74, 6) is -0.104. The minimum atomic E-state index is -0.999. The van der Waals surface area contributed by atoms with Gasteiger partial charge in [-0.1, -0.05) is 19.4 Å². The van der Waals surface area contributed by atoms with Crippen LogP contribution >= 0.6 is 22.7 Å². The van der Waals surface area contributed by atoms with Crippen molar-refractivity contribution in [2.45, 2.75) is 44.8 Å². The number of fused-ring (bicyclic) bond motifs is 1.